The van der Waals surface area contributed by atoms with Crippen molar-refractivity contribution in [3.05, 3.63) is 28.8 Å². The SMILES string of the molecule is Clc1ccc2c(c1)OC1(CCOCC1)C2. The molecular weight excluding hydrogens is 212 g/mol. The molecule has 2 aliphatic rings. The molecule has 1 fully saturated rings. The van der Waals surface area contributed by atoms with Crippen molar-refractivity contribution in [3.8, 4) is 5.75 Å². The summed E-state index contributed by atoms with van der Waals surface area (Å²) in [5, 5.41) is 0.748. The van der Waals surface area contributed by atoms with Crippen molar-refractivity contribution >= 4 is 11.6 Å². The molecule has 1 spiro atoms. The van der Waals surface area contributed by atoms with E-state index in [-0.39, 0.29) is 5.60 Å². The molecule has 0 N–H and O–H groups in total. The number of benzene rings is 1. The second-order valence-electron chi connectivity index (χ2n) is 4.33. The van der Waals surface area contributed by atoms with E-state index < -0.39 is 0 Å². The van der Waals surface area contributed by atoms with Gasteiger partial charge in [-0.3, -0.25) is 0 Å². The largest absolute Gasteiger partial charge is 0.486 e. The number of halogens is 1. The Labute approximate surface area is 94.1 Å². The van der Waals surface area contributed by atoms with Gasteiger partial charge in [-0.2, -0.15) is 0 Å². The Bertz CT molecular complexity index is 383. The van der Waals surface area contributed by atoms with Crippen LogP contribution in [0.2, 0.25) is 5.02 Å². The first-order valence-corrected chi connectivity index (χ1v) is 5.70. The topological polar surface area (TPSA) is 18.5 Å². The molecule has 1 aromatic rings. The maximum Gasteiger partial charge on any atom is 0.124 e. The molecule has 0 amide bonds. The van der Waals surface area contributed by atoms with E-state index in [9.17, 15) is 0 Å². The highest BCUT2D eigenvalue weighted by Crippen LogP contribution is 2.41. The first-order valence-electron chi connectivity index (χ1n) is 5.33. The Balaban J connectivity index is 1.90. The Morgan fingerprint density at radius 1 is 1.20 bits per heavy atom. The highest BCUT2D eigenvalue weighted by molar-refractivity contribution is 6.30. The lowest BCUT2D eigenvalue weighted by Crippen LogP contribution is -2.40. The number of rotatable bonds is 0. The van der Waals surface area contributed by atoms with Crippen LogP contribution in [0.1, 0.15) is 18.4 Å². The third-order valence-corrected chi connectivity index (χ3v) is 3.51. The van der Waals surface area contributed by atoms with Crippen LogP contribution in [0, 0.1) is 0 Å². The molecule has 2 aliphatic heterocycles. The zero-order valence-corrected chi connectivity index (χ0v) is 9.22. The van der Waals surface area contributed by atoms with Crippen molar-refractivity contribution < 1.29 is 9.47 Å². The lowest BCUT2D eigenvalue weighted by molar-refractivity contribution is -0.0330. The van der Waals surface area contributed by atoms with Crippen LogP contribution in [0.5, 0.6) is 5.75 Å². The summed E-state index contributed by atoms with van der Waals surface area (Å²) in [6, 6.07) is 5.92. The fourth-order valence-corrected chi connectivity index (χ4v) is 2.57. The highest BCUT2D eigenvalue weighted by atomic mass is 35.5. The summed E-state index contributed by atoms with van der Waals surface area (Å²) >= 11 is 5.95. The minimum Gasteiger partial charge on any atom is -0.486 e. The summed E-state index contributed by atoms with van der Waals surface area (Å²) in [5.74, 6) is 0.962. The summed E-state index contributed by atoms with van der Waals surface area (Å²) in [6.45, 7) is 1.61. The molecule has 0 unspecified atom stereocenters. The molecule has 15 heavy (non-hydrogen) atoms. The normalized spacial score (nSPS) is 22.5. The van der Waals surface area contributed by atoms with Crippen molar-refractivity contribution in [1.82, 2.24) is 0 Å². The van der Waals surface area contributed by atoms with Gasteiger partial charge in [0.2, 0.25) is 0 Å². The first kappa shape index (κ1) is 9.49. The summed E-state index contributed by atoms with van der Waals surface area (Å²) in [7, 11) is 0. The smallest absolute Gasteiger partial charge is 0.124 e. The number of fused-ring (bicyclic) bond motifs is 1. The third-order valence-electron chi connectivity index (χ3n) is 3.27. The van der Waals surface area contributed by atoms with E-state index in [1.165, 1.54) is 5.56 Å². The highest BCUT2D eigenvalue weighted by Gasteiger charge is 2.40. The number of hydrogen-bond acceptors (Lipinski definition) is 2. The van der Waals surface area contributed by atoms with E-state index in [2.05, 4.69) is 6.07 Å². The number of hydrogen-bond donors (Lipinski definition) is 0. The van der Waals surface area contributed by atoms with Crippen molar-refractivity contribution in [2.24, 2.45) is 0 Å². The maximum absolute atomic E-state index is 6.05. The lowest BCUT2D eigenvalue weighted by Gasteiger charge is -2.32. The average molecular weight is 225 g/mol. The Hall–Kier alpha value is -0.730. The van der Waals surface area contributed by atoms with Gasteiger partial charge in [0, 0.05) is 24.3 Å². The molecule has 2 heterocycles. The van der Waals surface area contributed by atoms with Crippen LogP contribution in [0.3, 0.4) is 0 Å². The van der Waals surface area contributed by atoms with Gasteiger partial charge in [-0.25, -0.2) is 0 Å². The second kappa shape index (κ2) is 3.39. The van der Waals surface area contributed by atoms with Gasteiger partial charge in [0.1, 0.15) is 11.4 Å². The van der Waals surface area contributed by atoms with Gasteiger partial charge < -0.3 is 9.47 Å². The molecule has 0 aliphatic carbocycles. The van der Waals surface area contributed by atoms with Gasteiger partial charge in [-0.05, 0) is 17.7 Å². The second-order valence-corrected chi connectivity index (χ2v) is 4.76. The summed E-state index contributed by atoms with van der Waals surface area (Å²) in [4.78, 5) is 0. The molecule has 1 saturated heterocycles. The number of ether oxygens (including phenoxy) is 2. The van der Waals surface area contributed by atoms with Gasteiger partial charge >= 0.3 is 0 Å². The summed E-state index contributed by atoms with van der Waals surface area (Å²) in [6.07, 6.45) is 2.97. The predicted octanol–water partition coefficient (Wildman–Crippen LogP) is 2.82. The molecule has 0 radical (unpaired) electrons. The van der Waals surface area contributed by atoms with E-state index >= 15 is 0 Å². The van der Waals surface area contributed by atoms with E-state index in [1.807, 2.05) is 12.1 Å². The van der Waals surface area contributed by atoms with Crippen LogP contribution in [-0.4, -0.2) is 18.8 Å². The van der Waals surface area contributed by atoms with Crippen LogP contribution >= 0.6 is 11.6 Å². The molecular formula is C12H13ClO2. The van der Waals surface area contributed by atoms with E-state index in [1.54, 1.807) is 0 Å². The third kappa shape index (κ3) is 1.62. The van der Waals surface area contributed by atoms with Crippen LogP contribution in [0.15, 0.2) is 18.2 Å². The van der Waals surface area contributed by atoms with Crippen LogP contribution < -0.4 is 4.74 Å². The van der Waals surface area contributed by atoms with Gasteiger partial charge in [0.05, 0.1) is 13.2 Å². The minimum atomic E-state index is -0.00867. The van der Waals surface area contributed by atoms with E-state index in [0.29, 0.717) is 0 Å². The van der Waals surface area contributed by atoms with E-state index in [0.717, 1.165) is 43.2 Å². The first-order chi connectivity index (χ1) is 7.27. The predicted molar refractivity (Wildman–Crippen MR) is 58.6 cm³/mol. The summed E-state index contributed by atoms with van der Waals surface area (Å²) in [5.41, 5.74) is 1.27. The van der Waals surface area contributed by atoms with Crippen LogP contribution in [-0.2, 0) is 11.2 Å². The zero-order valence-electron chi connectivity index (χ0n) is 8.46. The molecule has 3 heteroatoms. The van der Waals surface area contributed by atoms with Crippen molar-refractivity contribution in [2.45, 2.75) is 24.9 Å². The Kier molecular flexibility index (Phi) is 2.15. The lowest BCUT2D eigenvalue weighted by atomic mass is 9.89. The monoisotopic (exact) mass is 224 g/mol. The van der Waals surface area contributed by atoms with Gasteiger partial charge in [-0.15, -0.1) is 0 Å². The molecule has 0 atom stereocenters. The average Bonchev–Trinajstić information content (AvgIpc) is 2.56. The van der Waals surface area contributed by atoms with Crippen molar-refractivity contribution in [1.29, 1.82) is 0 Å². The maximum atomic E-state index is 6.05. The quantitative estimate of drug-likeness (QED) is 0.675. The molecule has 0 bridgehead atoms. The minimum absolute atomic E-state index is 0.00867. The van der Waals surface area contributed by atoms with Gasteiger partial charge in [-0.1, -0.05) is 17.7 Å². The van der Waals surface area contributed by atoms with Gasteiger partial charge in [0.25, 0.3) is 0 Å². The van der Waals surface area contributed by atoms with Crippen LogP contribution in [0.25, 0.3) is 0 Å². The molecule has 0 aromatic heterocycles. The van der Waals surface area contributed by atoms with Gasteiger partial charge in [0.15, 0.2) is 0 Å². The fourth-order valence-electron chi connectivity index (χ4n) is 2.41. The molecule has 0 saturated carbocycles. The van der Waals surface area contributed by atoms with Crippen LogP contribution in [0.4, 0.5) is 0 Å². The Morgan fingerprint density at radius 3 is 2.80 bits per heavy atom. The van der Waals surface area contributed by atoms with Crippen molar-refractivity contribution in [2.75, 3.05) is 13.2 Å². The molecule has 3 rings (SSSR count). The standard InChI is InChI=1S/C12H13ClO2/c13-10-2-1-9-8-12(15-11(9)7-10)3-5-14-6-4-12/h1-2,7H,3-6,8H2. The molecule has 80 valence electrons. The van der Waals surface area contributed by atoms with E-state index in [4.69, 9.17) is 21.1 Å². The molecule has 2 nitrogen and oxygen atoms in total. The molecule has 1 aromatic carbocycles. The summed E-state index contributed by atoms with van der Waals surface area (Å²) < 4.78 is 11.4. The Morgan fingerprint density at radius 2 is 2.00 bits per heavy atom. The fraction of sp³-hybridized carbons (Fsp3) is 0.500. The zero-order chi connectivity index (χ0) is 10.3. The van der Waals surface area contributed by atoms with Crippen molar-refractivity contribution in [3.63, 3.8) is 0 Å².